The van der Waals surface area contributed by atoms with Crippen LogP contribution in [0.25, 0.3) is 22.2 Å². The summed E-state index contributed by atoms with van der Waals surface area (Å²) < 4.78 is 29.3. The van der Waals surface area contributed by atoms with Crippen molar-refractivity contribution in [3.05, 3.63) is 124 Å². The van der Waals surface area contributed by atoms with E-state index in [9.17, 15) is 18.4 Å². The molecular formula is C30H26F2N4O2. The SMILES string of the molecule is CNC(C)C(=O)Nc1ccc(-c2ccc(F)cc2)n(C(c2ccc(F)cc2)c2cccc3[nH]ccc23)c1=O. The topological polar surface area (TPSA) is 78.9 Å². The molecular weight excluding hydrogens is 486 g/mol. The first-order valence-corrected chi connectivity index (χ1v) is 12.2. The van der Waals surface area contributed by atoms with E-state index in [2.05, 4.69) is 15.6 Å². The fourth-order valence-corrected chi connectivity index (χ4v) is 4.59. The second-order valence-corrected chi connectivity index (χ2v) is 9.05. The minimum absolute atomic E-state index is 0.0938. The monoisotopic (exact) mass is 512 g/mol. The maximum Gasteiger partial charge on any atom is 0.275 e. The number of nitrogens with one attached hydrogen (secondary N) is 3. The van der Waals surface area contributed by atoms with Crippen molar-refractivity contribution in [3.8, 4) is 11.3 Å². The lowest BCUT2D eigenvalue weighted by Crippen LogP contribution is -2.38. The summed E-state index contributed by atoms with van der Waals surface area (Å²) in [5.74, 6) is -1.17. The fraction of sp³-hybridized carbons (Fsp3) is 0.133. The molecule has 0 spiro atoms. The van der Waals surface area contributed by atoms with Crippen molar-refractivity contribution in [2.45, 2.75) is 19.0 Å². The Kier molecular flexibility index (Phi) is 6.89. The number of fused-ring (bicyclic) bond motifs is 1. The third kappa shape index (κ3) is 4.73. The molecule has 5 aromatic rings. The molecule has 0 radical (unpaired) electrons. The summed E-state index contributed by atoms with van der Waals surface area (Å²) in [5, 5.41) is 6.48. The van der Waals surface area contributed by atoms with Gasteiger partial charge in [0.05, 0.1) is 17.8 Å². The molecule has 0 saturated carbocycles. The van der Waals surface area contributed by atoms with E-state index in [-0.39, 0.29) is 11.6 Å². The number of benzene rings is 3. The van der Waals surface area contributed by atoms with Crippen molar-refractivity contribution in [1.29, 1.82) is 0 Å². The third-order valence-electron chi connectivity index (χ3n) is 6.71. The van der Waals surface area contributed by atoms with Crippen molar-refractivity contribution in [1.82, 2.24) is 14.9 Å². The van der Waals surface area contributed by atoms with E-state index in [0.717, 1.165) is 16.5 Å². The number of rotatable bonds is 7. The van der Waals surface area contributed by atoms with Crippen molar-refractivity contribution in [3.63, 3.8) is 0 Å². The average Bonchev–Trinajstić information content (AvgIpc) is 3.41. The molecule has 3 aromatic carbocycles. The summed E-state index contributed by atoms with van der Waals surface area (Å²) in [6, 6.07) is 21.5. The molecule has 5 rings (SSSR count). The van der Waals surface area contributed by atoms with E-state index in [1.54, 1.807) is 54.9 Å². The molecule has 38 heavy (non-hydrogen) atoms. The Balaban J connectivity index is 1.81. The number of pyridine rings is 1. The Labute approximate surface area is 218 Å². The van der Waals surface area contributed by atoms with Gasteiger partial charge in [0.1, 0.15) is 17.3 Å². The first-order chi connectivity index (χ1) is 18.4. The number of H-pyrrole nitrogens is 1. The predicted molar refractivity (Wildman–Crippen MR) is 145 cm³/mol. The van der Waals surface area contributed by atoms with Crippen LogP contribution in [0.15, 0.2) is 95.9 Å². The smallest absolute Gasteiger partial charge is 0.275 e. The van der Waals surface area contributed by atoms with E-state index in [4.69, 9.17) is 0 Å². The lowest BCUT2D eigenvalue weighted by molar-refractivity contribution is -0.117. The van der Waals surface area contributed by atoms with Crippen molar-refractivity contribution in [2.75, 3.05) is 12.4 Å². The Hall–Kier alpha value is -4.56. The van der Waals surface area contributed by atoms with Crippen LogP contribution in [0.4, 0.5) is 14.5 Å². The standard InChI is InChI=1S/C30H26F2N4O2/c1-18(33-2)29(37)35-26-14-15-27(19-6-10-21(31)11-7-19)36(30(26)38)28(20-8-12-22(32)13-9-20)24-4-3-5-25-23(24)16-17-34-25/h3-18,28,33-34H,1-2H3,(H,35,37). The molecule has 2 heterocycles. The lowest BCUT2D eigenvalue weighted by atomic mass is 9.94. The Morgan fingerprint density at radius 2 is 1.58 bits per heavy atom. The van der Waals surface area contributed by atoms with Gasteiger partial charge in [-0.15, -0.1) is 0 Å². The molecule has 2 aromatic heterocycles. The van der Waals surface area contributed by atoms with E-state index in [0.29, 0.717) is 16.8 Å². The van der Waals surface area contributed by atoms with Gasteiger partial charge >= 0.3 is 0 Å². The van der Waals surface area contributed by atoms with Crippen LogP contribution in [0.1, 0.15) is 24.1 Å². The summed E-state index contributed by atoms with van der Waals surface area (Å²) in [4.78, 5) is 30.1. The summed E-state index contributed by atoms with van der Waals surface area (Å²) in [6.07, 6.45) is 1.81. The molecule has 2 unspecified atom stereocenters. The van der Waals surface area contributed by atoms with Crippen LogP contribution >= 0.6 is 0 Å². The molecule has 6 nitrogen and oxygen atoms in total. The summed E-state index contributed by atoms with van der Waals surface area (Å²) in [7, 11) is 1.66. The number of nitrogens with zero attached hydrogens (tertiary/aromatic N) is 1. The van der Waals surface area contributed by atoms with Crippen LogP contribution in [0.5, 0.6) is 0 Å². The first kappa shape index (κ1) is 25.1. The van der Waals surface area contributed by atoms with Crippen molar-refractivity contribution in [2.24, 2.45) is 0 Å². The number of carbonyl (C=O) groups is 1. The number of halogens is 2. The van der Waals surface area contributed by atoms with Gasteiger partial charge in [-0.2, -0.15) is 0 Å². The quantitative estimate of drug-likeness (QED) is 0.271. The molecule has 0 aliphatic heterocycles. The second kappa shape index (κ2) is 10.4. The largest absolute Gasteiger partial charge is 0.361 e. The summed E-state index contributed by atoms with van der Waals surface area (Å²) in [5.41, 5.74) is 3.10. The van der Waals surface area contributed by atoms with Crippen molar-refractivity contribution < 1.29 is 13.6 Å². The molecule has 0 saturated heterocycles. The zero-order valence-electron chi connectivity index (χ0n) is 20.8. The fourth-order valence-electron chi connectivity index (χ4n) is 4.59. The number of aromatic nitrogens is 2. The number of aromatic amines is 1. The van der Waals surface area contributed by atoms with Gasteiger partial charge < -0.3 is 15.6 Å². The van der Waals surface area contributed by atoms with Gasteiger partial charge in [-0.25, -0.2) is 8.78 Å². The zero-order valence-corrected chi connectivity index (χ0v) is 20.8. The maximum atomic E-state index is 14.2. The summed E-state index contributed by atoms with van der Waals surface area (Å²) >= 11 is 0. The van der Waals surface area contributed by atoms with Crippen LogP contribution in [-0.4, -0.2) is 28.5 Å². The number of likely N-dealkylation sites (N-methyl/N-ethyl adjacent to an activating group) is 1. The number of hydrogen-bond acceptors (Lipinski definition) is 3. The lowest BCUT2D eigenvalue weighted by Gasteiger charge is -2.26. The van der Waals surface area contributed by atoms with Gasteiger partial charge in [0.2, 0.25) is 5.91 Å². The molecule has 0 fully saturated rings. The highest BCUT2D eigenvalue weighted by Gasteiger charge is 2.25. The minimum atomic E-state index is -0.693. The number of carbonyl (C=O) groups excluding carboxylic acids is 1. The van der Waals surface area contributed by atoms with Crippen molar-refractivity contribution >= 4 is 22.5 Å². The van der Waals surface area contributed by atoms with Gasteiger partial charge in [0.15, 0.2) is 0 Å². The molecule has 0 bridgehead atoms. The van der Waals surface area contributed by atoms with Crippen LogP contribution in [0, 0.1) is 11.6 Å². The molecule has 0 aliphatic rings. The highest BCUT2D eigenvalue weighted by molar-refractivity contribution is 5.94. The molecule has 192 valence electrons. The molecule has 0 aliphatic carbocycles. The molecule has 2 atom stereocenters. The van der Waals surface area contributed by atoms with E-state index >= 15 is 0 Å². The molecule has 1 amide bonds. The Morgan fingerprint density at radius 3 is 2.26 bits per heavy atom. The number of anilines is 1. The van der Waals surface area contributed by atoms with Gasteiger partial charge in [-0.3, -0.25) is 14.2 Å². The number of hydrogen-bond donors (Lipinski definition) is 3. The zero-order chi connectivity index (χ0) is 26.8. The molecule has 3 N–H and O–H groups in total. The van der Waals surface area contributed by atoms with Crippen LogP contribution < -0.4 is 16.2 Å². The summed E-state index contributed by atoms with van der Waals surface area (Å²) in [6.45, 7) is 1.69. The highest BCUT2D eigenvalue weighted by atomic mass is 19.1. The Bertz CT molecular complexity index is 1660. The second-order valence-electron chi connectivity index (χ2n) is 9.05. The van der Waals surface area contributed by atoms with E-state index in [1.807, 2.05) is 30.5 Å². The van der Waals surface area contributed by atoms with Crippen LogP contribution in [-0.2, 0) is 4.79 Å². The van der Waals surface area contributed by atoms with E-state index in [1.165, 1.54) is 24.3 Å². The normalized spacial score (nSPS) is 12.8. The highest BCUT2D eigenvalue weighted by Crippen LogP contribution is 2.35. The van der Waals surface area contributed by atoms with Gasteiger partial charge in [-0.05, 0) is 91.3 Å². The van der Waals surface area contributed by atoms with Crippen LogP contribution in [0.2, 0.25) is 0 Å². The van der Waals surface area contributed by atoms with Crippen LogP contribution in [0.3, 0.4) is 0 Å². The van der Waals surface area contributed by atoms with E-state index < -0.39 is 29.3 Å². The third-order valence-corrected chi connectivity index (χ3v) is 6.71. The Morgan fingerprint density at radius 1 is 0.895 bits per heavy atom. The van der Waals surface area contributed by atoms with Gasteiger partial charge in [0, 0.05) is 17.1 Å². The predicted octanol–water partition coefficient (Wildman–Crippen LogP) is 5.46. The van der Waals surface area contributed by atoms with Gasteiger partial charge in [-0.1, -0.05) is 24.3 Å². The maximum absolute atomic E-state index is 14.2. The number of amides is 1. The minimum Gasteiger partial charge on any atom is -0.361 e. The average molecular weight is 513 g/mol. The van der Waals surface area contributed by atoms with Gasteiger partial charge in [0.25, 0.3) is 5.56 Å². The molecule has 8 heteroatoms. The first-order valence-electron chi connectivity index (χ1n) is 12.2.